The summed E-state index contributed by atoms with van der Waals surface area (Å²) in [6.07, 6.45) is 4.91. The van der Waals surface area contributed by atoms with Crippen LogP contribution in [0, 0.1) is 6.92 Å². The van der Waals surface area contributed by atoms with E-state index in [1.165, 1.54) is 34.1 Å². The Balaban J connectivity index is 1.58. The molecule has 31 heavy (non-hydrogen) atoms. The topological polar surface area (TPSA) is 113 Å². The number of halogens is 2. The van der Waals surface area contributed by atoms with Gasteiger partial charge >= 0.3 is 5.69 Å². The molecule has 0 bridgehead atoms. The van der Waals surface area contributed by atoms with E-state index in [9.17, 15) is 13.6 Å². The predicted molar refractivity (Wildman–Crippen MR) is 107 cm³/mol. The zero-order chi connectivity index (χ0) is 21.7. The number of imidazole rings is 1. The number of fused-ring (bicyclic) bond motifs is 2. The number of hydrogen-bond donors (Lipinski definition) is 1. The van der Waals surface area contributed by atoms with Crippen LogP contribution >= 0.6 is 0 Å². The summed E-state index contributed by atoms with van der Waals surface area (Å²) in [5.41, 5.74) is 3.08. The highest BCUT2D eigenvalue weighted by Gasteiger charge is 2.17. The summed E-state index contributed by atoms with van der Waals surface area (Å²) in [5.74, 6) is 0.259. The van der Waals surface area contributed by atoms with Crippen molar-refractivity contribution in [3.05, 3.63) is 53.2 Å². The molecule has 11 nitrogen and oxygen atoms in total. The van der Waals surface area contributed by atoms with Gasteiger partial charge in [0.15, 0.2) is 11.3 Å². The molecule has 5 aromatic rings. The van der Waals surface area contributed by atoms with E-state index in [0.717, 1.165) is 10.2 Å². The molecule has 158 valence electrons. The second-order valence-corrected chi connectivity index (χ2v) is 6.95. The summed E-state index contributed by atoms with van der Waals surface area (Å²) >= 11 is 0. The molecule has 5 rings (SSSR count). The van der Waals surface area contributed by atoms with Crippen LogP contribution in [0.5, 0.6) is 0 Å². The quantitative estimate of drug-likeness (QED) is 0.455. The van der Waals surface area contributed by atoms with E-state index in [1.807, 2.05) is 13.0 Å². The lowest BCUT2D eigenvalue weighted by molar-refractivity contribution is 0.122. The van der Waals surface area contributed by atoms with Crippen LogP contribution in [0.25, 0.3) is 22.5 Å². The van der Waals surface area contributed by atoms with Gasteiger partial charge in [-0.25, -0.2) is 32.6 Å². The van der Waals surface area contributed by atoms with Gasteiger partial charge in [-0.15, -0.1) is 0 Å². The smallest absolute Gasteiger partial charge is 0.323 e. The Morgan fingerprint density at radius 3 is 2.81 bits per heavy atom. The molecule has 5 aromatic heterocycles. The van der Waals surface area contributed by atoms with Gasteiger partial charge in [-0.1, -0.05) is 0 Å². The molecule has 0 amide bonds. The molecule has 5 heterocycles. The molecule has 13 heteroatoms. The van der Waals surface area contributed by atoms with Crippen molar-refractivity contribution in [3.63, 3.8) is 0 Å². The predicted octanol–water partition coefficient (Wildman–Crippen LogP) is 1.68. The van der Waals surface area contributed by atoms with Gasteiger partial charge in [0.25, 0.3) is 6.43 Å². The second-order valence-electron chi connectivity index (χ2n) is 6.95. The van der Waals surface area contributed by atoms with Gasteiger partial charge in [-0.05, 0) is 18.6 Å². The van der Waals surface area contributed by atoms with Crippen molar-refractivity contribution in [2.24, 2.45) is 7.05 Å². The van der Waals surface area contributed by atoms with Crippen LogP contribution in [0.3, 0.4) is 0 Å². The lowest BCUT2D eigenvalue weighted by Crippen LogP contribution is -2.20. The van der Waals surface area contributed by atoms with E-state index in [4.69, 9.17) is 0 Å². The van der Waals surface area contributed by atoms with Gasteiger partial charge in [0.05, 0.1) is 30.0 Å². The van der Waals surface area contributed by atoms with Crippen molar-refractivity contribution in [2.45, 2.75) is 19.9 Å². The minimum absolute atomic E-state index is 0.259. The Kier molecular flexibility index (Phi) is 4.23. The van der Waals surface area contributed by atoms with Crippen LogP contribution < -0.4 is 11.0 Å². The number of anilines is 2. The summed E-state index contributed by atoms with van der Waals surface area (Å²) in [7, 11) is 1.59. The highest BCUT2D eigenvalue weighted by molar-refractivity contribution is 5.75. The number of aryl methyl sites for hydroxylation is 2. The summed E-state index contributed by atoms with van der Waals surface area (Å²) < 4.78 is 30.7. The van der Waals surface area contributed by atoms with Gasteiger partial charge in [0.2, 0.25) is 5.95 Å². The molecule has 0 saturated carbocycles. The lowest BCUT2D eigenvalue weighted by atomic mass is 10.2. The Morgan fingerprint density at radius 2 is 2.00 bits per heavy atom. The number of aromatic nitrogens is 9. The first-order chi connectivity index (χ1) is 14.9. The summed E-state index contributed by atoms with van der Waals surface area (Å²) in [6, 6.07) is 1.86. The molecule has 0 saturated heterocycles. The summed E-state index contributed by atoms with van der Waals surface area (Å²) in [4.78, 5) is 25.7. The van der Waals surface area contributed by atoms with Crippen molar-refractivity contribution in [3.8, 4) is 5.69 Å². The van der Waals surface area contributed by atoms with E-state index >= 15 is 0 Å². The Hall–Kier alpha value is -4.16. The van der Waals surface area contributed by atoms with Gasteiger partial charge in [0, 0.05) is 13.2 Å². The highest BCUT2D eigenvalue weighted by atomic mass is 19.3. The summed E-state index contributed by atoms with van der Waals surface area (Å²) in [5, 5.41) is 11.2. The molecule has 0 spiro atoms. The molecule has 0 fully saturated rings. The first-order valence-corrected chi connectivity index (χ1v) is 9.23. The number of hydrogen-bond acceptors (Lipinski definition) is 7. The minimum Gasteiger partial charge on any atom is -0.323 e. The molecule has 0 radical (unpaired) electrons. The van der Waals surface area contributed by atoms with Gasteiger partial charge in [-0.3, -0.25) is 9.25 Å². The van der Waals surface area contributed by atoms with Crippen LogP contribution in [0.1, 0.15) is 5.56 Å². The molecule has 0 aliphatic heterocycles. The number of nitrogens with zero attached hydrogens (tertiary/aromatic N) is 9. The monoisotopic (exact) mass is 426 g/mol. The number of nitrogens with one attached hydrogen (secondary N) is 1. The third kappa shape index (κ3) is 3.19. The zero-order valence-electron chi connectivity index (χ0n) is 16.4. The molecule has 0 unspecified atom stereocenters. The summed E-state index contributed by atoms with van der Waals surface area (Å²) in [6.45, 7) is 1.34. The van der Waals surface area contributed by atoms with Crippen LogP contribution in [0.2, 0.25) is 0 Å². The van der Waals surface area contributed by atoms with Gasteiger partial charge in [-0.2, -0.15) is 15.2 Å². The normalized spacial score (nSPS) is 11.8. The van der Waals surface area contributed by atoms with Crippen molar-refractivity contribution in [1.82, 2.24) is 43.5 Å². The minimum atomic E-state index is -2.55. The molecule has 0 atom stereocenters. The van der Waals surface area contributed by atoms with E-state index in [-0.39, 0.29) is 5.95 Å². The van der Waals surface area contributed by atoms with Gasteiger partial charge in [0.1, 0.15) is 18.4 Å². The standard InChI is InChI=1S/C18H16F2N10O/c1-10-3-15-22-9-24-29(15)7-12(10)25-17-21-5-13-16(26-17)30(18(31)27(13)2)11-4-23-28(6-11)8-14(19)20/h3-7,9,14H,8H2,1-2H3,(H,21,25,26). The van der Waals surface area contributed by atoms with E-state index in [0.29, 0.717) is 28.2 Å². The first kappa shape index (κ1) is 18.8. The fraction of sp³-hybridized carbons (Fsp3) is 0.222. The first-order valence-electron chi connectivity index (χ1n) is 9.23. The third-order valence-electron chi connectivity index (χ3n) is 4.87. The van der Waals surface area contributed by atoms with Crippen molar-refractivity contribution < 1.29 is 8.78 Å². The van der Waals surface area contributed by atoms with Crippen molar-refractivity contribution >= 4 is 28.4 Å². The van der Waals surface area contributed by atoms with Crippen LogP contribution in [-0.4, -0.2) is 49.9 Å². The molecule has 0 aliphatic rings. The van der Waals surface area contributed by atoms with Crippen molar-refractivity contribution in [1.29, 1.82) is 0 Å². The molecule has 0 aliphatic carbocycles. The lowest BCUT2D eigenvalue weighted by Gasteiger charge is -2.08. The average Bonchev–Trinajstić information content (AvgIpc) is 3.41. The van der Waals surface area contributed by atoms with E-state index in [1.54, 1.807) is 17.8 Å². The molecular weight excluding hydrogens is 410 g/mol. The van der Waals surface area contributed by atoms with E-state index in [2.05, 4.69) is 30.5 Å². The molecule has 1 N–H and O–H groups in total. The maximum atomic E-state index is 12.8. The van der Waals surface area contributed by atoms with Gasteiger partial charge < -0.3 is 5.32 Å². The van der Waals surface area contributed by atoms with E-state index < -0.39 is 18.7 Å². The maximum Gasteiger partial charge on any atom is 0.334 e. The second kappa shape index (κ2) is 6.97. The van der Waals surface area contributed by atoms with Crippen LogP contribution in [0.4, 0.5) is 20.4 Å². The Labute approximate surface area is 172 Å². The maximum absolute atomic E-state index is 12.8. The number of pyridine rings is 1. The molecule has 0 aromatic carbocycles. The molecular formula is C18H16F2N10O. The Bertz CT molecular complexity index is 1480. The number of alkyl halides is 2. The zero-order valence-corrected chi connectivity index (χ0v) is 16.4. The average molecular weight is 426 g/mol. The van der Waals surface area contributed by atoms with Crippen molar-refractivity contribution in [2.75, 3.05) is 5.32 Å². The SMILES string of the molecule is Cc1cc2ncnn2cc1Nc1ncc2c(n1)n(-c1cnn(CC(F)F)c1)c(=O)n2C. The fourth-order valence-electron chi connectivity index (χ4n) is 3.32. The Morgan fingerprint density at radius 1 is 1.16 bits per heavy atom. The van der Waals surface area contributed by atoms with Crippen LogP contribution in [0.15, 0.2) is 42.0 Å². The third-order valence-corrected chi connectivity index (χ3v) is 4.87. The fourth-order valence-corrected chi connectivity index (χ4v) is 3.32. The number of rotatable bonds is 5. The largest absolute Gasteiger partial charge is 0.334 e. The highest BCUT2D eigenvalue weighted by Crippen LogP contribution is 2.21. The van der Waals surface area contributed by atoms with Crippen LogP contribution in [-0.2, 0) is 13.6 Å².